The molecule has 0 aromatic heterocycles. The minimum atomic E-state index is -0.151. The number of aliphatic hydroxyl groups is 1. The Morgan fingerprint density at radius 1 is 1.19 bits per heavy atom. The summed E-state index contributed by atoms with van der Waals surface area (Å²) in [5, 5.41) is 10.7. The van der Waals surface area contributed by atoms with Gasteiger partial charge in [0.1, 0.15) is 0 Å². The van der Waals surface area contributed by atoms with E-state index in [2.05, 4.69) is 33.8 Å². The van der Waals surface area contributed by atoms with Crippen LogP contribution in [0.3, 0.4) is 0 Å². The van der Waals surface area contributed by atoms with E-state index in [0.717, 1.165) is 6.42 Å². The summed E-state index contributed by atoms with van der Waals surface area (Å²) in [6, 6.07) is 0. The number of allylic oxidation sites excluding steroid dienone is 1. The highest BCUT2D eigenvalue weighted by Crippen LogP contribution is 2.51. The third-order valence-corrected chi connectivity index (χ3v) is 5.08. The zero-order chi connectivity index (χ0) is 12.0. The van der Waals surface area contributed by atoms with Crippen molar-refractivity contribution in [1.82, 2.24) is 0 Å². The lowest BCUT2D eigenvalue weighted by Crippen LogP contribution is -2.40. The molecule has 1 saturated carbocycles. The van der Waals surface area contributed by atoms with E-state index < -0.39 is 0 Å². The first-order chi connectivity index (χ1) is 7.35. The molecule has 0 aromatic carbocycles. The molecule has 0 saturated heterocycles. The molecule has 0 spiro atoms. The minimum absolute atomic E-state index is 0.146. The van der Waals surface area contributed by atoms with Crippen LogP contribution < -0.4 is 0 Å². The third kappa shape index (κ3) is 1.95. The maximum atomic E-state index is 10.7. The van der Waals surface area contributed by atoms with Gasteiger partial charge in [-0.1, -0.05) is 38.8 Å². The molecule has 2 rings (SSSR count). The average Bonchev–Trinajstić information content (AvgIpc) is 2.34. The van der Waals surface area contributed by atoms with Gasteiger partial charge in [-0.2, -0.15) is 0 Å². The lowest BCUT2D eigenvalue weighted by atomic mass is 9.69. The van der Waals surface area contributed by atoms with Crippen molar-refractivity contribution >= 4 is 0 Å². The Bertz CT molecular complexity index is 303. The molecule has 92 valence electrons. The lowest BCUT2D eigenvalue weighted by Gasteiger charge is -2.39. The van der Waals surface area contributed by atoms with Crippen LogP contribution in [-0.2, 0) is 0 Å². The van der Waals surface area contributed by atoms with Gasteiger partial charge < -0.3 is 5.11 Å². The van der Waals surface area contributed by atoms with Gasteiger partial charge in [0.05, 0.1) is 6.10 Å². The number of aliphatic hydroxyl groups excluding tert-OH is 1. The van der Waals surface area contributed by atoms with Gasteiger partial charge >= 0.3 is 0 Å². The Balaban J connectivity index is 2.42. The lowest BCUT2D eigenvalue weighted by molar-refractivity contribution is -0.0205. The van der Waals surface area contributed by atoms with Crippen LogP contribution in [0.4, 0.5) is 0 Å². The van der Waals surface area contributed by atoms with Crippen molar-refractivity contribution < 1.29 is 5.11 Å². The van der Waals surface area contributed by atoms with Gasteiger partial charge in [-0.3, -0.25) is 0 Å². The highest BCUT2D eigenvalue weighted by atomic mass is 16.3. The maximum absolute atomic E-state index is 10.7. The topological polar surface area (TPSA) is 20.2 Å². The van der Waals surface area contributed by atoms with Crippen molar-refractivity contribution in [1.29, 1.82) is 0 Å². The first-order valence-corrected chi connectivity index (χ1v) is 6.71. The fourth-order valence-corrected chi connectivity index (χ4v) is 3.59. The van der Waals surface area contributed by atoms with Gasteiger partial charge in [0.2, 0.25) is 0 Å². The quantitative estimate of drug-likeness (QED) is 0.616. The van der Waals surface area contributed by atoms with Crippen LogP contribution in [0.2, 0.25) is 0 Å². The molecule has 0 heterocycles. The number of fused-ring (bicyclic) bond motifs is 2. The third-order valence-electron chi connectivity index (χ3n) is 5.08. The predicted molar refractivity (Wildman–Crippen MR) is 68.2 cm³/mol. The van der Waals surface area contributed by atoms with Crippen molar-refractivity contribution in [2.45, 2.75) is 65.9 Å². The summed E-state index contributed by atoms with van der Waals surface area (Å²) in [5.41, 5.74) is 1.87. The largest absolute Gasteiger partial charge is 0.392 e. The van der Waals surface area contributed by atoms with E-state index in [-0.39, 0.29) is 16.9 Å². The molecular formula is C15H26O. The molecule has 0 radical (unpaired) electrons. The summed E-state index contributed by atoms with van der Waals surface area (Å²) in [5.74, 6) is 0.350. The first kappa shape index (κ1) is 12.2. The summed E-state index contributed by atoms with van der Waals surface area (Å²) in [7, 11) is 0. The standard InChI is InChI=1S/C15H26O/c1-11-6-9-15(4)8-5-7-14(2,3)12(10-11)13(15)16/h10,12-13,16H,5-9H2,1-4H3/t12-,13-,15+/m0/s1. The van der Waals surface area contributed by atoms with Crippen LogP contribution in [-0.4, -0.2) is 11.2 Å². The summed E-state index contributed by atoms with van der Waals surface area (Å²) >= 11 is 0. The molecule has 0 amide bonds. The maximum Gasteiger partial charge on any atom is 0.0661 e. The molecule has 1 N–H and O–H groups in total. The summed E-state index contributed by atoms with van der Waals surface area (Å²) in [6.45, 7) is 9.16. The number of rotatable bonds is 0. The van der Waals surface area contributed by atoms with Gasteiger partial charge in [-0.25, -0.2) is 0 Å². The Morgan fingerprint density at radius 2 is 1.88 bits per heavy atom. The van der Waals surface area contributed by atoms with Gasteiger partial charge in [-0.15, -0.1) is 0 Å². The van der Waals surface area contributed by atoms with Crippen molar-refractivity contribution in [2.24, 2.45) is 16.7 Å². The first-order valence-electron chi connectivity index (χ1n) is 6.71. The highest BCUT2D eigenvalue weighted by molar-refractivity contribution is 5.13. The molecule has 0 aromatic rings. The van der Waals surface area contributed by atoms with E-state index in [1.807, 2.05) is 0 Å². The Kier molecular flexibility index (Phi) is 2.94. The van der Waals surface area contributed by atoms with Crippen LogP contribution in [0.15, 0.2) is 11.6 Å². The normalized spacial score (nSPS) is 43.2. The van der Waals surface area contributed by atoms with Crippen LogP contribution in [0.5, 0.6) is 0 Å². The minimum Gasteiger partial charge on any atom is -0.392 e. The fourth-order valence-electron chi connectivity index (χ4n) is 3.59. The van der Waals surface area contributed by atoms with Crippen molar-refractivity contribution in [3.63, 3.8) is 0 Å². The van der Waals surface area contributed by atoms with E-state index in [1.165, 1.54) is 31.3 Å². The van der Waals surface area contributed by atoms with Crippen LogP contribution in [0.25, 0.3) is 0 Å². The van der Waals surface area contributed by atoms with Crippen LogP contribution >= 0.6 is 0 Å². The van der Waals surface area contributed by atoms with E-state index in [4.69, 9.17) is 0 Å². The molecule has 3 atom stereocenters. The zero-order valence-electron chi connectivity index (χ0n) is 11.2. The fraction of sp³-hybridized carbons (Fsp3) is 0.867. The van der Waals surface area contributed by atoms with Crippen LogP contribution in [0, 0.1) is 16.7 Å². The van der Waals surface area contributed by atoms with Crippen molar-refractivity contribution in [3.8, 4) is 0 Å². The monoisotopic (exact) mass is 222 g/mol. The van der Waals surface area contributed by atoms with Crippen LogP contribution in [0.1, 0.15) is 59.8 Å². The second-order valence-corrected chi connectivity index (χ2v) is 6.98. The van der Waals surface area contributed by atoms with Gasteiger partial charge in [0, 0.05) is 5.92 Å². The summed E-state index contributed by atoms with van der Waals surface area (Å²) in [6.07, 6.45) is 8.24. The molecule has 2 aliphatic carbocycles. The van der Waals surface area contributed by atoms with E-state index in [9.17, 15) is 5.11 Å². The number of hydrogen-bond acceptors (Lipinski definition) is 1. The molecule has 0 unspecified atom stereocenters. The van der Waals surface area contributed by atoms with E-state index in [0.29, 0.717) is 5.92 Å². The van der Waals surface area contributed by atoms with Gasteiger partial charge in [0.25, 0.3) is 0 Å². The number of hydrogen-bond donors (Lipinski definition) is 1. The van der Waals surface area contributed by atoms with E-state index >= 15 is 0 Å². The second-order valence-electron chi connectivity index (χ2n) is 6.98. The molecule has 16 heavy (non-hydrogen) atoms. The summed E-state index contributed by atoms with van der Waals surface area (Å²) in [4.78, 5) is 0. The Labute approximate surface area is 99.9 Å². The summed E-state index contributed by atoms with van der Waals surface area (Å²) < 4.78 is 0. The van der Waals surface area contributed by atoms with Crippen molar-refractivity contribution in [2.75, 3.05) is 0 Å². The Morgan fingerprint density at radius 3 is 2.56 bits per heavy atom. The zero-order valence-corrected chi connectivity index (χ0v) is 11.2. The highest BCUT2D eigenvalue weighted by Gasteiger charge is 2.46. The molecule has 1 nitrogen and oxygen atoms in total. The molecule has 0 aliphatic heterocycles. The van der Waals surface area contributed by atoms with E-state index in [1.54, 1.807) is 0 Å². The molecule has 1 fully saturated rings. The van der Waals surface area contributed by atoms with Crippen molar-refractivity contribution in [3.05, 3.63) is 11.6 Å². The van der Waals surface area contributed by atoms with Gasteiger partial charge in [-0.05, 0) is 43.4 Å². The second kappa shape index (κ2) is 3.87. The smallest absolute Gasteiger partial charge is 0.0661 e. The molecule has 2 bridgehead atoms. The molecule has 2 aliphatic rings. The molecular weight excluding hydrogens is 196 g/mol. The predicted octanol–water partition coefficient (Wildman–Crippen LogP) is 3.92. The Hall–Kier alpha value is -0.300. The van der Waals surface area contributed by atoms with Gasteiger partial charge in [0.15, 0.2) is 0 Å². The molecule has 1 heteroatoms. The average molecular weight is 222 g/mol. The SMILES string of the molecule is CC1=C[C@H]2[C@H](O)[C@](C)(CCCC2(C)C)CC1.